The lowest BCUT2D eigenvalue weighted by Gasteiger charge is -2.50. The Bertz CT molecular complexity index is 421. The zero-order valence-electron chi connectivity index (χ0n) is 12.9. The van der Waals surface area contributed by atoms with Gasteiger partial charge in [0.1, 0.15) is 0 Å². The van der Waals surface area contributed by atoms with Crippen molar-refractivity contribution in [3.05, 3.63) is 30.1 Å². The van der Waals surface area contributed by atoms with Crippen LogP contribution >= 0.6 is 0 Å². The number of hydrogen-bond acceptors (Lipinski definition) is 4. The van der Waals surface area contributed by atoms with Gasteiger partial charge in [0.2, 0.25) is 0 Å². The summed E-state index contributed by atoms with van der Waals surface area (Å²) in [6, 6.07) is 4.16. The SMILES string of the molecule is CCN(Cc1ccncc1)C1(CN)CCOC(C)(C)C1. The van der Waals surface area contributed by atoms with Gasteiger partial charge in [-0.15, -0.1) is 0 Å². The Morgan fingerprint density at radius 1 is 1.35 bits per heavy atom. The Kier molecular flexibility index (Phi) is 4.78. The van der Waals surface area contributed by atoms with E-state index in [0.29, 0.717) is 6.54 Å². The van der Waals surface area contributed by atoms with Crippen LogP contribution in [0.25, 0.3) is 0 Å². The van der Waals surface area contributed by atoms with Crippen molar-refractivity contribution in [3.8, 4) is 0 Å². The lowest BCUT2D eigenvalue weighted by molar-refractivity contribution is -0.119. The number of ether oxygens (including phenoxy) is 1. The molecule has 0 radical (unpaired) electrons. The van der Waals surface area contributed by atoms with E-state index in [4.69, 9.17) is 10.5 Å². The number of nitrogens with two attached hydrogens (primary N) is 1. The van der Waals surface area contributed by atoms with Gasteiger partial charge in [-0.2, -0.15) is 0 Å². The summed E-state index contributed by atoms with van der Waals surface area (Å²) in [5.41, 5.74) is 7.42. The van der Waals surface area contributed by atoms with Crippen molar-refractivity contribution in [2.75, 3.05) is 19.7 Å². The first-order valence-electron chi connectivity index (χ1n) is 7.49. The van der Waals surface area contributed by atoms with Crippen molar-refractivity contribution in [2.24, 2.45) is 5.73 Å². The highest BCUT2D eigenvalue weighted by atomic mass is 16.5. The first-order valence-corrected chi connectivity index (χ1v) is 7.49. The number of hydrogen-bond donors (Lipinski definition) is 1. The summed E-state index contributed by atoms with van der Waals surface area (Å²) in [6.07, 6.45) is 5.69. The molecule has 0 amide bonds. The maximum atomic E-state index is 6.18. The predicted octanol–water partition coefficient (Wildman–Crippen LogP) is 2.19. The summed E-state index contributed by atoms with van der Waals surface area (Å²) in [6.45, 7) is 9.92. The van der Waals surface area contributed by atoms with E-state index in [9.17, 15) is 0 Å². The predicted molar refractivity (Wildman–Crippen MR) is 81.4 cm³/mol. The highest BCUT2D eigenvalue weighted by Gasteiger charge is 2.43. The average molecular weight is 277 g/mol. The van der Waals surface area contributed by atoms with E-state index >= 15 is 0 Å². The summed E-state index contributed by atoms with van der Waals surface area (Å²) in [7, 11) is 0. The molecule has 1 saturated heterocycles. The van der Waals surface area contributed by atoms with E-state index < -0.39 is 0 Å². The second kappa shape index (κ2) is 6.20. The third kappa shape index (κ3) is 3.37. The molecule has 1 aliphatic heterocycles. The molecule has 2 heterocycles. The minimum absolute atomic E-state index is 0.0414. The van der Waals surface area contributed by atoms with Crippen molar-refractivity contribution in [1.82, 2.24) is 9.88 Å². The minimum Gasteiger partial charge on any atom is -0.375 e. The molecule has 4 heteroatoms. The molecule has 1 aromatic rings. The largest absolute Gasteiger partial charge is 0.375 e. The standard InChI is InChI=1S/C16H27N3O/c1-4-19(11-14-5-8-18-9-6-14)16(13-17)7-10-20-15(2,3)12-16/h5-6,8-9H,4,7,10-13,17H2,1-3H3. The molecule has 0 spiro atoms. The zero-order valence-corrected chi connectivity index (χ0v) is 12.9. The first kappa shape index (κ1) is 15.4. The van der Waals surface area contributed by atoms with Crippen LogP contribution in [0, 0.1) is 0 Å². The van der Waals surface area contributed by atoms with Gasteiger partial charge < -0.3 is 10.5 Å². The van der Waals surface area contributed by atoms with Gasteiger partial charge in [-0.1, -0.05) is 6.92 Å². The van der Waals surface area contributed by atoms with E-state index in [1.807, 2.05) is 12.4 Å². The van der Waals surface area contributed by atoms with Crippen LogP contribution in [0.4, 0.5) is 0 Å². The van der Waals surface area contributed by atoms with Crippen molar-refractivity contribution < 1.29 is 4.74 Å². The first-order chi connectivity index (χ1) is 9.51. The molecular formula is C16H27N3O. The Morgan fingerprint density at radius 2 is 2.05 bits per heavy atom. The fourth-order valence-corrected chi connectivity index (χ4v) is 3.35. The molecule has 0 saturated carbocycles. The molecule has 1 aromatic heterocycles. The lowest BCUT2D eigenvalue weighted by Crippen LogP contribution is -2.60. The highest BCUT2D eigenvalue weighted by molar-refractivity contribution is 5.11. The molecule has 0 bridgehead atoms. The Morgan fingerprint density at radius 3 is 2.60 bits per heavy atom. The van der Waals surface area contributed by atoms with Gasteiger partial charge >= 0.3 is 0 Å². The maximum absolute atomic E-state index is 6.18. The molecule has 2 rings (SSSR count). The van der Waals surface area contributed by atoms with Crippen molar-refractivity contribution in [2.45, 2.75) is 51.3 Å². The fourth-order valence-electron chi connectivity index (χ4n) is 3.35. The van der Waals surface area contributed by atoms with Gasteiger partial charge in [0, 0.05) is 37.6 Å². The number of pyridine rings is 1. The average Bonchev–Trinajstić information content (AvgIpc) is 2.44. The van der Waals surface area contributed by atoms with Crippen LogP contribution in [0.2, 0.25) is 0 Å². The maximum Gasteiger partial charge on any atom is 0.0644 e. The minimum atomic E-state index is -0.0940. The van der Waals surface area contributed by atoms with Gasteiger partial charge in [0.15, 0.2) is 0 Å². The second-order valence-electron chi connectivity index (χ2n) is 6.33. The fraction of sp³-hybridized carbons (Fsp3) is 0.688. The van der Waals surface area contributed by atoms with Crippen LogP contribution in [0.3, 0.4) is 0 Å². The second-order valence-corrected chi connectivity index (χ2v) is 6.33. The van der Waals surface area contributed by atoms with Gasteiger partial charge in [-0.05, 0) is 50.9 Å². The molecule has 2 N–H and O–H groups in total. The van der Waals surface area contributed by atoms with E-state index in [1.54, 1.807) is 0 Å². The molecular weight excluding hydrogens is 250 g/mol. The smallest absolute Gasteiger partial charge is 0.0644 e. The molecule has 4 nitrogen and oxygen atoms in total. The number of aromatic nitrogens is 1. The van der Waals surface area contributed by atoms with E-state index in [0.717, 1.165) is 32.5 Å². The summed E-state index contributed by atoms with van der Waals surface area (Å²) in [5.74, 6) is 0. The lowest BCUT2D eigenvalue weighted by atomic mass is 9.79. The van der Waals surface area contributed by atoms with Crippen molar-refractivity contribution in [3.63, 3.8) is 0 Å². The Hall–Kier alpha value is -0.970. The summed E-state index contributed by atoms with van der Waals surface area (Å²) >= 11 is 0. The van der Waals surface area contributed by atoms with Crippen LogP contribution in [0.5, 0.6) is 0 Å². The number of rotatable bonds is 5. The van der Waals surface area contributed by atoms with E-state index in [-0.39, 0.29) is 11.1 Å². The molecule has 0 aromatic carbocycles. The molecule has 1 aliphatic rings. The van der Waals surface area contributed by atoms with Gasteiger partial charge in [-0.25, -0.2) is 0 Å². The van der Waals surface area contributed by atoms with Gasteiger partial charge in [0.25, 0.3) is 0 Å². The molecule has 1 fully saturated rings. The van der Waals surface area contributed by atoms with Crippen LogP contribution < -0.4 is 5.73 Å². The Labute approximate surface area is 122 Å². The summed E-state index contributed by atoms with van der Waals surface area (Å²) < 4.78 is 5.88. The topological polar surface area (TPSA) is 51.4 Å². The molecule has 0 aliphatic carbocycles. The van der Waals surface area contributed by atoms with Crippen LogP contribution in [-0.2, 0) is 11.3 Å². The van der Waals surface area contributed by atoms with E-state index in [1.165, 1.54) is 5.56 Å². The van der Waals surface area contributed by atoms with Crippen LogP contribution in [0.1, 0.15) is 39.2 Å². The number of nitrogens with zero attached hydrogens (tertiary/aromatic N) is 2. The summed E-state index contributed by atoms with van der Waals surface area (Å²) in [5, 5.41) is 0. The molecule has 20 heavy (non-hydrogen) atoms. The number of likely N-dealkylation sites (N-methyl/N-ethyl adjacent to an activating group) is 1. The zero-order chi connectivity index (χ0) is 14.6. The van der Waals surface area contributed by atoms with Gasteiger partial charge in [0.05, 0.1) is 5.60 Å². The summed E-state index contributed by atoms with van der Waals surface area (Å²) in [4.78, 5) is 6.59. The Balaban J connectivity index is 2.19. The molecule has 1 unspecified atom stereocenters. The normalized spacial score (nSPS) is 25.9. The van der Waals surface area contributed by atoms with E-state index in [2.05, 4.69) is 42.8 Å². The molecule has 112 valence electrons. The monoisotopic (exact) mass is 277 g/mol. The third-order valence-electron chi connectivity index (χ3n) is 4.37. The van der Waals surface area contributed by atoms with Crippen molar-refractivity contribution in [1.29, 1.82) is 0 Å². The van der Waals surface area contributed by atoms with Crippen molar-refractivity contribution >= 4 is 0 Å². The quantitative estimate of drug-likeness (QED) is 0.896. The highest BCUT2D eigenvalue weighted by Crippen LogP contribution is 2.36. The van der Waals surface area contributed by atoms with Crippen LogP contribution in [0.15, 0.2) is 24.5 Å². The third-order valence-corrected chi connectivity index (χ3v) is 4.37. The van der Waals surface area contributed by atoms with Gasteiger partial charge in [-0.3, -0.25) is 9.88 Å². The van der Waals surface area contributed by atoms with Crippen LogP contribution in [-0.4, -0.2) is 40.7 Å². The molecule has 1 atom stereocenters.